The molecular weight excluding hydrogens is 400 g/mol. The summed E-state index contributed by atoms with van der Waals surface area (Å²) >= 11 is 1.24. The van der Waals surface area contributed by atoms with Crippen LogP contribution in [0.3, 0.4) is 0 Å². The predicted octanol–water partition coefficient (Wildman–Crippen LogP) is 3.01. The highest BCUT2D eigenvalue weighted by atomic mass is 32.2. The zero-order valence-corrected chi connectivity index (χ0v) is 17.7. The molecule has 1 aromatic carbocycles. The van der Waals surface area contributed by atoms with Crippen molar-refractivity contribution < 1.29 is 9.53 Å². The predicted molar refractivity (Wildman–Crippen MR) is 115 cm³/mol. The van der Waals surface area contributed by atoms with Crippen LogP contribution in [0, 0.1) is 11.3 Å². The van der Waals surface area contributed by atoms with Gasteiger partial charge in [-0.15, -0.1) is 0 Å². The molecule has 30 heavy (non-hydrogen) atoms. The number of benzene rings is 1. The number of hydrogen-bond donors (Lipinski definition) is 1. The molecule has 2 aliphatic rings. The van der Waals surface area contributed by atoms with Crippen molar-refractivity contribution in [3.63, 3.8) is 0 Å². The molecule has 1 aliphatic carbocycles. The fourth-order valence-electron chi connectivity index (χ4n) is 4.26. The molecule has 0 unspecified atom stereocenters. The van der Waals surface area contributed by atoms with Crippen molar-refractivity contribution in [3.8, 4) is 6.07 Å². The maximum absolute atomic E-state index is 13.1. The van der Waals surface area contributed by atoms with Gasteiger partial charge in [0.05, 0.1) is 35.4 Å². The Bertz CT molecular complexity index is 1020. The van der Waals surface area contributed by atoms with Crippen molar-refractivity contribution in [2.24, 2.45) is 0 Å². The van der Waals surface area contributed by atoms with Crippen LogP contribution < -0.4 is 10.9 Å². The Morgan fingerprint density at radius 2 is 2.10 bits per heavy atom. The molecule has 1 amide bonds. The van der Waals surface area contributed by atoms with E-state index in [1.165, 1.54) is 11.8 Å². The highest BCUT2D eigenvalue weighted by molar-refractivity contribution is 7.99. The van der Waals surface area contributed by atoms with E-state index in [0.29, 0.717) is 42.1 Å². The van der Waals surface area contributed by atoms with Gasteiger partial charge in [0.1, 0.15) is 5.54 Å². The largest absolute Gasteiger partial charge is 0.376 e. The van der Waals surface area contributed by atoms with Crippen molar-refractivity contribution in [2.45, 2.75) is 68.3 Å². The van der Waals surface area contributed by atoms with E-state index < -0.39 is 5.54 Å². The molecule has 0 radical (unpaired) electrons. The van der Waals surface area contributed by atoms with Crippen LogP contribution in [-0.2, 0) is 16.1 Å². The lowest BCUT2D eigenvalue weighted by Gasteiger charge is -2.31. The molecule has 1 N–H and O–H groups in total. The van der Waals surface area contributed by atoms with Gasteiger partial charge in [-0.25, -0.2) is 4.98 Å². The minimum Gasteiger partial charge on any atom is -0.376 e. The van der Waals surface area contributed by atoms with E-state index in [1.807, 2.05) is 18.2 Å². The minimum absolute atomic E-state index is 0.0112. The Balaban J connectivity index is 1.54. The second-order valence-corrected chi connectivity index (χ2v) is 9.00. The molecule has 2 heterocycles. The average Bonchev–Trinajstić information content (AvgIpc) is 3.28. The van der Waals surface area contributed by atoms with Gasteiger partial charge in [0, 0.05) is 6.61 Å². The molecular formula is C22H26N4O3S. The van der Waals surface area contributed by atoms with Crippen LogP contribution in [0.4, 0.5) is 0 Å². The van der Waals surface area contributed by atoms with Crippen molar-refractivity contribution in [1.29, 1.82) is 5.26 Å². The first-order valence-electron chi connectivity index (χ1n) is 10.6. The molecule has 1 saturated carbocycles. The Labute approximate surface area is 179 Å². The number of carbonyl (C=O) groups excluding carboxylic acids is 1. The van der Waals surface area contributed by atoms with E-state index >= 15 is 0 Å². The molecule has 2 aromatic rings. The SMILES string of the molecule is N#CC1(NC(=O)CSc2nc3ccccc3c(=O)n2C[C@H]2CCCO2)CCCCC1. The van der Waals surface area contributed by atoms with Crippen molar-refractivity contribution in [2.75, 3.05) is 12.4 Å². The van der Waals surface area contributed by atoms with E-state index in [9.17, 15) is 14.9 Å². The number of carbonyl (C=O) groups is 1. The van der Waals surface area contributed by atoms with Gasteiger partial charge in [-0.1, -0.05) is 43.2 Å². The van der Waals surface area contributed by atoms with Gasteiger partial charge in [0.2, 0.25) is 5.91 Å². The number of para-hydroxylation sites is 1. The van der Waals surface area contributed by atoms with E-state index in [0.717, 1.165) is 32.1 Å². The number of aromatic nitrogens is 2. The van der Waals surface area contributed by atoms with Crippen molar-refractivity contribution in [1.82, 2.24) is 14.9 Å². The maximum Gasteiger partial charge on any atom is 0.262 e. The first-order chi connectivity index (χ1) is 14.6. The second kappa shape index (κ2) is 9.19. The lowest BCUT2D eigenvalue weighted by atomic mass is 9.83. The summed E-state index contributed by atoms with van der Waals surface area (Å²) in [5.74, 6) is -0.0887. The molecule has 1 aliphatic heterocycles. The van der Waals surface area contributed by atoms with E-state index in [4.69, 9.17) is 4.74 Å². The Morgan fingerprint density at radius 3 is 2.83 bits per heavy atom. The summed E-state index contributed by atoms with van der Waals surface area (Å²) in [6.45, 7) is 1.14. The van der Waals surface area contributed by atoms with Gasteiger partial charge in [0.25, 0.3) is 5.56 Å². The van der Waals surface area contributed by atoms with Crippen LogP contribution in [-0.4, -0.2) is 39.5 Å². The third-order valence-corrected chi connectivity index (χ3v) is 6.85. The van der Waals surface area contributed by atoms with E-state index in [-0.39, 0.29) is 23.3 Å². The Kier molecular flexibility index (Phi) is 6.40. The van der Waals surface area contributed by atoms with Crippen LogP contribution >= 0.6 is 11.8 Å². The van der Waals surface area contributed by atoms with Crippen molar-refractivity contribution in [3.05, 3.63) is 34.6 Å². The quantitative estimate of drug-likeness (QED) is 0.563. The normalized spacial score (nSPS) is 20.7. The molecule has 0 bridgehead atoms. The lowest BCUT2D eigenvalue weighted by Crippen LogP contribution is -2.49. The summed E-state index contributed by atoms with van der Waals surface area (Å²) in [6, 6.07) is 9.57. The maximum atomic E-state index is 13.1. The number of thioether (sulfide) groups is 1. The molecule has 4 rings (SSSR count). The fraction of sp³-hybridized carbons (Fsp3) is 0.545. The first-order valence-corrected chi connectivity index (χ1v) is 11.5. The Morgan fingerprint density at radius 1 is 1.30 bits per heavy atom. The third-order valence-electron chi connectivity index (χ3n) is 5.87. The average molecular weight is 427 g/mol. The molecule has 7 nitrogen and oxygen atoms in total. The van der Waals surface area contributed by atoms with Gasteiger partial charge in [-0.2, -0.15) is 5.26 Å². The molecule has 158 valence electrons. The number of ether oxygens (including phenoxy) is 1. The minimum atomic E-state index is -0.760. The smallest absolute Gasteiger partial charge is 0.262 e. The Hall–Kier alpha value is -2.37. The second-order valence-electron chi connectivity index (χ2n) is 8.05. The summed E-state index contributed by atoms with van der Waals surface area (Å²) < 4.78 is 7.36. The number of rotatable bonds is 6. The molecule has 0 spiro atoms. The summed E-state index contributed by atoms with van der Waals surface area (Å²) in [6.07, 6.45) is 6.28. The molecule has 2 fully saturated rings. The van der Waals surface area contributed by atoms with Gasteiger partial charge >= 0.3 is 0 Å². The highest BCUT2D eigenvalue weighted by Crippen LogP contribution is 2.28. The first kappa shape index (κ1) is 20.9. The molecule has 1 aromatic heterocycles. The van der Waals surface area contributed by atoms with Gasteiger partial charge in [-0.05, 0) is 37.8 Å². The zero-order valence-electron chi connectivity index (χ0n) is 16.9. The van der Waals surface area contributed by atoms with E-state index in [2.05, 4.69) is 16.4 Å². The molecule has 1 atom stereocenters. The van der Waals surface area contributed by atoms with Crippen LogP contribution in [0.15, 0.2) is 34.2 Å². The van der Waals surface area contributed by atoms with Crippen LogP contribution in [0.25, 0.3) is 10.9 Å². The standard InChI is InChI=1S/C22H26N4O3S/c23-15-22(10-4-1-5-11-22)25-19(27)14-30-21-24-18-9-3-2-8-17(18)20(28)26(21)13-16-7-6-12-29-16/h2-3,8-9,16H,1,4-7,10-14H2,(H,25,27)/t16-/m1/s1. The number of hydrogen-bond acceptors (Lipinski definition) is 6. The van der Waals surface area contributed by atoms with Crippen LogP contribution in [0.1, 0.15) is 44.9 Å². The topological polar surface area (TPSA) is 97.0 Å². The monoisotopic (exact) mass is 426 g/mol. The van der Waals surface area contributed by atoms with E-state index in [1.54, 1.807) is 10.6 Å². The third kappa shape index (κ3) is 4.52. The lowest BCUT2D eigenvalue weighted by molar-refractivity contribution is -0.120. The van der Waals surface area contributed by atoms with Gasteiger partial charge in [0.15, 0.2) is 5.16 Å². The number of amides is 1. The molecule has 1 saturated heterocycles. The van der Waals surface area contributed by atoms with Gasteiger partial charge in [-0.3, -0.25) is 14.2 Å². The molecule has 8 heteroatoms. The number of nitrogens with one attached hydrogen (secondary N) is 1. The number of fused-ring (bicyclic) bond motifs is 1. The summed E-state index contributed by atoms with van der Waals surface area (Å²) in [7, 11) is 0. The fourth-order valence-corrected chi connectivity index (χ4v) is 5.07. The van der Waals surface area contributed by atoms with Crippen LogP contribution in [0.2, 0.25) is 0 Å². The summed E-state index contributed by atoms with van der Waals surface area (Å²) in [5.41, 5.74) is -0.251. The highest BCUT2D eigenvalue weighted by Gasteiger charge is 2.33. The van der Waals surface area contributed by atoms with Crippen molar-refractivity contribution >= 4 is 28.6 Å². The number of nitriles is 1. The van der Waals surface area contributed by atoms with Crippen LogP contribution in [0.5, 0.6) is 0 Å². The zero-order chi connectivity index (χ0) is 21.0. The summed E-state index contributed by atoms with van der Waals surface area (Å²) in [4.78, 5) is 30.4. The summed E-state index contributed by atoms with van der Waals surface area (Å²) in [5, 5.41) is 13.6. The van der Waals surface area contributed by atoms with Gasteiger partial charge < -0.3 is 10.1 Å². The number of nitrogens with zero attached hydrogens (tertiary/aromatic N) is 3.